The molecule has 0 spiro atoms. The van der Waals surface area contributed by atoms with E-state index >= 15 is 0 Å². The van der Waals surface area contributed by atoms with Crippen LogP contribution in [0.5, 0.6) is 0 Å². The molecule has 0 radical (unpaired) electrons. The fraction of sp³-hybridized carbons (Fsp3) is 0.500. The fourth-order valence-electron chi connectivity index (χ4n) is 4.84. The van der Waals surface area contributed by atoms with Crippen LogP contribution in [0.2, 0.25) is 0 Å². The van der Waals surface area contributed by atoms with E-state index in [4.69, 9.17) is 10.1 Å². The third-order valence-corrected chi connectivity index (χ3v) is 6.24. The van der Waals surface area contributed by atoms with Gasteiger partial charge in [-0.05, 0) is 43.7 Å². The van der Waals surface area contributed by atoms with Gasteiger partial charge in [0.2, 0.25) is 0 Å². The molecule has 146 valence electrons. The van der Waals surface area contributed by atoms with Gasteiger partial charge in [-0.3, -0.25) is 4.79 Å². The number of anilines is 1. The molecule has 0 saturated heterocycles. The Labute approximate surface area is 164 Å². The summed E-state index contributed by atoms with van der Waals surface area (Å²) >= 11 is 0. The molecule has 1 N–H and O–H groups in total. The van der Waals surface area contributed by atoms with E-state index in [9.17, 15) is 4.79 Å². The van der Waals surface area contributed by atoms with E-state index in [1.54, 1.807) is 0 Å². The lowest BCUT2D eigenvalue weighted by Gasteiger charge is -2.30. The molecule has 6 nitrogen and oxygen atoms in total. The third kappa shape index (κ3) is 2.91. The van der Waals surface area contributed by atoms with E-state index in [2.05, 4.69) is 41.1 Å². The molecule has 1 fully saturated rings. The van der Waals surface area contributed by atoms with Gasteiger partial charge in [-0.25, -0.2) is 9.67 Å². The summed E-state index contributed by atoms with van der Waals surface area (Å²) in [5, 5.41) is 5.47. The zero-order valence-electron chi connectivity index (χ0n) is 16.4. The van der Waals surface area contributed by atoms with Crippen molar-refractivity contribution in [3.63, 3.8) is 0 Å². The Morgan fingerprint density at radius 1 is 1.18 bits per heavy atom. The van der Waals surface area contributed by atoms with Crippen LogP contribution >= 0.6 is 0 Å². The van der Waals surface area contributed by atoms with E-state index in [1.165, 1.54) is 24.1 Å². The maximum absolute atomic E-state index is 12.9. The summed E-state index contributed by atoms with van der Waals surface area (Å²) in [6.45, 7) is 3.67. The lowest BCUT2D eigenvalue weighted by atomic mass is 10.0. The first-order valence-electron chi connectivity index (χ1n) is 10.6. The number of nitrogens with zero attached hydrogens (tertiary/aromatic N) is 4. The Kier molecular flexibility index (Phi) is 4.41. The number of fused-ring (bicyclic) bond motifs is 2. The van der Waals surface area contributed by atoms with Crippen LogP contribution in [-0.2, 0) is 19.4 Å². The highest BCUT2D eigenvalue weighted by Gasteiger charge is 2.25. The molecule has 1 aromatic carbocycles. The van der Waals surface area contributed by atoms with Gasteiger partial charge in [0, 0.05) is 12.2 Å². The van der Waals surface area contributed by atoms with Crippen molar-refractivity contribution < 1.29 is 0 Å². The van der Waals surface area contributed by atoms with E-state index < -0.39 is 0 Å². The Morgan fingerprint density at radius 2 is 2.00 bits per heavy atom. The van der Waals surface area contributed by atoms with Crippen LogP contribution in [0.1, 0.15) is 62.2 Å². The summed E-state index contributed by atoms with van der Waals surface area (Å²) < 4.78 is 2.05. The van der Waals surface area contributed by atoms with Crippen LogP contribution in [0.25, 0.3) is 11.0 Å². The zero-order valence-corrected chi connectivity index (χ0v) is 16.4. The van der Waals surface area contributed by atoms with Gasteiger partial charge < -0.3 is 9.88 Å². The Hall–Kier alpha value is -2.63. The quantitative estimate of drug-likeness (QED) is 0.752. The second-order valence-corrected chi connectivity index (χ2v) is 8.05. The van der Waals surface area contributed by atoms with Crippen molar-refractivity contribution in [3.05, 3.63) is 51.7 Å². The maximum Gasteiger partial charge on any atom is 0.262 e. The summed E-state index contributed by atoms with van der Waals surface area (Å²) in [6.07, 6.45) is 7.71. The maximum atomic E-state index is 12.9. The van der Waals surface area contributed by atoms with E-state index in [0.717, 1.165) is 55.8 Å². The Balaban J connectivity index is 1.56. The largest absolute Gasteiger partial charge is 0.364 e. The van der Waals surface area contributed by atoms with Crippen molar-refractivity contribution in [3.8, 4) is 0 Å². The van der Waals surface area contributed by atoms with Gasteiger partial charge in [0.15, 0.2) is 5.65 Å². The number of aromatic nitrogens is 4. The number of H-pyrrole nitrogens is 1. The number of hydrogen-bond donors (Lipinski definition) is 1. The van der Waals surface area contributed by atoms with Crippen molar-refractivity contribution in [2.75, 3.05) is 11.4 Å². The Bertz CT molecular complexity index is 1060. The highest BCUT2D eigenvalue weighted by Crippen LogP contribution is 2.32. The highest BCUT2D eigenvalue weighted by molar-refractivity contribution is 5.77. The number of aryl methyl sites for hydroxylation is 2. The van der Waals surface area contributed by atoms with Crippen LogP contribution < -0.4 is 10.5 Å². The van der Waals surface area contributed by atoms with Crippen molar-refractivity contribution in [2.24, 2.45) is 0 Å². The van der Waals surface area contributed by atoms with E-state index in [1.807, 2.05) is 4.68 Å². The normalized spacial score (nSPS) is 17.4. The molecular formula is C22H27N5O. The second-order valence-electron chi connectivity index (χ2n) is 8.05. The first-order chi connectivity index (χ1) is 13.7. The van der Waals surface area contributed by atoms with E-state index in [-0.39, 0.29) is 5.56 Å². The molecular weight excluding hydrogens is 350 g/mol. The van der Waals surface area contributed by atoms with Crippen LogP contribution in [0.4, 0.5) is 5.69 Å². The summed E-state index contributed by atoms with van der Waals surface area (Å²) in [7, 11) is 0. The molecule has 1 saturated carbocycles. The summed E-state index contributed by atoms with van der Waals surface area (Å²) in [6, 6.07) is 8.92. The number of aromatic amines is 1. The number of para-hydroxylation sites is 1. The van der Waals surface area contributed by atoms with Crippen molar-refractivity contribution >= 4 is 16.7 Å². The van der Waals surface area contributed by atoms with Crippen molar-refractivity contribution in [1.29, 1.82) is 0 Å². The number of hydrogen-bond acceptors (Lipinski definition) is 4. The molecule has 0 atom stereocenters. The average Bonchev–Trinajstić information content (AvgIpc) is 3.36. The van der Waals surface area contributed by atoms with E-state index in [0.29, 0.717) is 18.0 Å². The SMILES string of the molecule is CCc1nn(C2CCCC2)c2nc(CN3CCCc4ccccc43)[nH]c(=O)c12. The van der Waals surface area contributed by atoms with Gasteiger partial charge in [-0.15, -0.1) is 0 Å². The van der Waals surface area contributed by atoms with Crippen LogP contribution in [0.3, 0.4) is 0 Å². The zero-order chi connectivity index (χ0) is 19.1. The van der Waals surface area contributed by atoms with Gasteiger partial charge in [-0.2, -0.15) is 5.10 Å². The summed E-state index contributed by atoms with van der Waals surface area (Å²) in [5.41, 5.74) is 4.22. The number of rotatable bonds is 4. The van der Waals surface area contributed by atoms with Gasteiger partial charge in [0.05, 0.1) is 18.3 Å². The van der Waals surface area contributed by atoms with Gasteiger partial charge >= 0.3 is 0 Å². The molecule has 2 aliphatic rings. The van der Waals surface area contributed by atoms with Crippen LogP contribution in [-0.4, -0.2) is 26.3 Å². The molecule has 0 unspecified atom stereocenters. The van der Waals surface area contributed by atoms with Gasteiger partial charge in [0.1, 0.15) is 11.2 Å². The smallest absolute Gasteiger partial charge is 0.262 e. The molecule has 1 aliphatic heterocycles. The lowest BCUT2D eigenvalue weighted by Crippen LogP contribution is -2.30. The first kappa shape index (κ1) is 17.5. The van der Waals surface area contributed by atoms with Gasteiger partial charge in [0.25, 0.3) is 5.56 Å². The van der Waals surface area contributed by atoms with Crippen molar-refractivity contribution in [2.45, 2.75) is 64.5 Å². The summed E-state index contributed by atoms with van der Waals surface area (Å²) in [5.74, 6) is 0.732. The molecule has 3 heterocycles. The molecule has 5 rings (SSSR count). The monoisotopic (exact) mass is 377 g/mol. The highest BCUT2D eigenvalue weighted by atomic mass is 16.1. The molecule has 3 aromatic rings. The average molecular weight is 377 g/mol. The first-order valence-corrected chi connectivity index (χ1v) is 10.6. The minimum absolute atomic E-state index is 0.0496. The summed E-state index contributed by atoms with van der Waals surface area (Å²) in [4.78, 5) is 23.2. The fourth-order valence-corrected chi connectivity index (χ4v) is 4.84. The number of nitrogens with one attached hydrogen (secondary N) is 1. The standard InChI is InChI=1S/C22H27N5O/c1-2-17-20-21(27(25-17)16-10-4-5-11-16)23-19(24-22(20)28)14-26-13-7-9-15-8-3-6-12-18(15)26/h3,6,8,12,16H,2,4-5,7,9-11,13-14H2,1H3,(H,23,24,28). The topological polar surface area (TPSA) is 66.8 Å². The van der Waals surface area contributed by atoms with Crippen LogP contribution in [0.15, 0.2) is 29.1 Å². The lowest BCUT2D eigenvalue weighted by molar-refractivity contribution is 0.474. The third-order valence-electron chi connectivity index (χ3n) is 6.24. The molecule has 0 bridgehead atoms. The van der Waals surface area contributed by atoms with Gasteiger partial charge in [-0.1, -0.05) is 38.0 Å². The van der Waals surface area contributed by atoms with Crippen LogP contribution in [0, 0.1) is 0 Å². The number of benzene rings is 1. The molecule has 28 heavy (non-hydrogen) atoms. The minimum Gasteiger partial charge on any atom is -0.364 e. The molecule has 6 heteroatoms. The van der Waals surface area contributed by atoms with Crippen molar-refractivity contribution in [1.82, 2.24) is 19.7 Å². The Morgan fingerprint density at radius 3 is 2.82 bits per heavy atom. The molecule has 2 aromatic heterocycles. The molecule has 1 aliphatic carbocycles. The second kappa shape index (κ2) is 7.08. The minimum atomic E-state index is -0.0496. The predicted molar refractivity (Wildman–Crippen MR) is 111 cm³/mol. The predicted octanol–water partition coefficient (Wildman–Crippen LogP) is 3.75. The molecule has 0 amide bonds.